The van der Waals surface area contributed by atoms with Gasteiger partial charge in [-0.25, -0.2) is 15.8 Å². The Morgan fingerprint density at radius 3 is 2.62 bits per heavy atom. The molecule has 1 aromatic heterocycles. The van der Waals surface area contributed by atoms with Crippen molar-refractivity contribution in [1.29, 1.82) is 0 Å². The summed E-state index contributed by atoms with van der Waals surface area (Å²) in [5.74, 6) is 7.89. The highest BCUT2D eigenvalue weighted by Crippen LogP contribution is 2.34. The smallest absolute Gasteiger partial charge is 0.205 e. The molecule has 0 aliphatic heterocycles. The Balaban J connectivity index is 2.13. The average molecular weight is 223 g/mol. The monoisotopic (exact) mass is 223 g/mol. The number of anilines is 2. The third kappa shape index (κ3) is 2.01. The summed E-state index contributed by atoms with van der Waals surface area (Å²) in [7, 11) is 1.58. The van der Waals surface area contributed by atoms with Crippen LogP contribution in [0.25, 0.3) is 0 Å². The van der Waals surface area contributed by atoms with Gasteiger partial charge in [0.05, 0.1) is 7.11 Å². The number of hydrazine groups is 1. The van der Waals surface area contributed by atoms with Crippen molar-refractivity contribution in [2.75, 3.05) is 17.9 Å². The van der Waals surface area contributed by atoms with E-state index in [0.717, 1.165) is 5.92 Å². The van der Waals surface area contributed by atoms with Crippen LogP contribution in [0.2, 0.25) is 0 Å². The molecule has 1 aliphatic rings. The first-order valence-corrected chi connectivity index (χ1v) is 5.36. The van der Waals surface area contributed by atoms with Gasteiger partial charge in [-0.3, -0.25) is 0 Å². The molecular formula is C10H17N5O. The maximum Gasteiger partial charge on any atom is 0.205 e. The third-order valence-corrected chi connectivity index (χ3v) is 2.86. The summed E-state index contributed by atoms with van der Waals surface area (Å²) in [5.41, 5.74) is 2.49. The fourth-order valence-electron chi connectivity index (χ4n) is 1.99. The maximum absolute atomic E-state index is 5.35. The summed E-state index contributed by atoms with van der Waals surface area (Å²) >= 11 is 0. The van der Waals surface area contributed by atoms with Gasteiger partial charge in [-0.1, -0.05) is 6.92 Å². The average Bonchev–Trinajstić information content (AvgIpc) is 2.26. The van der Waals surface area contributed by atoms with Crippen molar-refractivity contribution < 1.29 is 4.74 Å². The van der Waals surface area contributed by atoms with Crippen LogP contribution in [-0.4, -0.2) is 23.1 Å². The molecule has 0 radical (unpaired) electrons. The fraction of sp³-hybridized carbons (Fsp3) is 0.600. The van der Waals surface area contributed by atoms with Crippen molar-refractivity contribution in [2.24, 2.45) is 11.8 Å². The predicted octanol–water partition coefficient (Wildman–Crippen LogP) is 0.981. The van der Waals surface area contributed by atoms with Crippen LogP contribution in [0.4, 0.5) is 11.6 Å². The maximum atomic E-state index is 5.35. The molecule has 2 rings (SSSR count). The fourth-order valence-corrected chi connectivity index (χ4v) is 1.99. The Morgan fingerprint density at radius 2 is 2.06 bits per heavy atom. The van der Waals surface area contributed by atoms with Crippen molar-refractivity contribution >= 4 is 11.6 Å². The lowest BCUT2D eigenvalue weighted by molar-refractivity contribution is 0.307. The number of hydrogen-bond donors (Lipinski definition) is 3. The molecule has 0 saturated heterocycles. The summed E-state index contributed by atoms with van der Waals surface area (Å²) in [5, 5.41) is 3.33. The highest BCUT2D eigenvalue weighted by atomic mass is 16.5. The number of hydrogen-bond acceptors (Lipinski definition) is 6. The molecule has 0 bridgehead atoms. The van der Waals surface area contributed by atoms with Crippen LogP contribution in [0, 0.1) is 5.92 Å². The zero-order chi connectivity index (χ0) is 11.5. The summed E-state index contributed by atoms with van der Waals surface area (Å²) in [6, 6.07) is 0.476. The molecule has 1 fully saturated rings. The zero-order valence-electron chi connectivity index (χ0n) is 9.53. The van der Waals surface area contributed by atoms with E-state index >= 15 is 0 Å². The van der Waals surface area contributed by atoms with Crippen molar-refractivity contribution in [3.63, 3.8) is 0 Å². The van der Waals surface area contributed by atoms with E-state index in [1.165, 1.54) is 19.2 Å². The molecule has 0 atom stereocenters. The quantitative estimate of drug-likeness (QED) is 0.521. The second kappa shape index (κ2) is 4.52. The lowest BCUT2D eigenvalue weighted by Crippen LogP contribution is -2.34. The van der Waals surface area contributed by atoms with Gasteiger partial charge in [0.2, 0.25) is 5.75 Å². The first-order chi connectivity index (χ1) is 7.74. The Morgan fingerprint density at radius 1 is 1.38 bits per heavy atom. The van der Waals surface area contributed by atoms with E-state index in [2.05, 4.69) is 27.6 Å². The minimum atomic E-state index is 0.476. The summed E-state index contributed by atoms with van der Waals surface area (Å²) in [6.45, 7) is 2.24. The Labute approximate surface area is 94.6 Å². The van der Waals surface area contributed by atoms with Gasteiger partial charge in [0.1, 0.15) is 6.33 Å². The van der Waals surface area contributed by atoms with Crippen LogP contribution in [-0.2, 0) is 0 Å². The number of aromatic nitrogens is 2. The van der Waals surface area contributed by atoms with Crippen LogP contribution in [0.1, 0.15) is 19.8 Å². The number of methoxy groups -OCH3 is 1. The van der Waals surface area contributed by atoms with Crippen molar-refractivity contribution in [3.8, 4) is 5.75 Å². The minimum Gasteiger partial charge on any atom is -0.490 e. The minimum absolute atomic E-state index is 0.476. The molecule has 6 nitrogen and oxygen atoms in total. The van der Waals surface area contributed by atoms with E-state index in [1.54, 1.807) is 7.11 Å². The second-order valence-corrected chi connectivity index (χ2v) is 4.17. The van der Waals surface area contributed by atoms with Gasteiger partial charge in [0.25, 0.3) is 0 Å². The molecule has 0 spiro atoms. The van der Waals surface area contributed by atoms with Crippen LogP contribution >= 0.6 is 0 Å². The normalized spacial score (nSPS) is 23.4. The van der Waals surface area contributed by atoms with Gasteiger partial charge in [0.15, 0.2) is 11.6 Å². The molecule has 0 amide bonds. The zero-order valence-corrected chi connectivity index (χ0v) is 9.53. The van der Waals surface area contributed by atoms with Gasteiger partial charge in [-0.05, 0) is 18.8 Å². The molecule has 1 aromatic rings. The first kappa shape index (κ1) is 10.9. The Kier molecular flexibility index (Phi) is 3.09. The molecule has 6 heteroatoms. The third-order valence-electron chi connectivity index (χ3n) is 2.86. The van der Waals surface area contributed by atoms with E-state index in [9.17, 15) is 0 Å². The SMILES string of the molecule is COc1c(NN)ncnc1NC1CC(C)C1. The number of nitrogens with zero attached hydrogens (tertiary/aromatic N) is 2. The topological polar surface area (TPSA) is 85.1 Å². The molecule has 88 valence electrons. The van der Waals surface area contributed by atoms with Gasteiger partial charge < -0.3 is 15.5 Å². The highest BCUT2D eigenvalue weighted by Gasteiger charge is 2.26. The van der Waals surface area contributed by atoms with Crippen LogP contribution in [0.15, 0.2) is 6.33 Å². The largest absolute Gasteiger partial charge is 0.490 e. The molecule has 1 aliphatic carbocycles. The van der Waals surface area contributed by atoms with Crippen molar-refractivity contribution in [1.82, 2.24) is 9.97 Å². The van der Waals surface area contributed by atoms with Gasteiger partial charge in [0, 0.05) is 6.04 Å². The van der Waals surface area contributed by atoms with Crippen LogP contribution in [0.5, 0.6) is 5.75 Å². The predicted molar refractivity (Wildman–Crippen MR) is 62.2 cm³/mol. The number of nitrogens with two attached hydrogens (primary N) is 1. The molecule has 0 aromatic carbocycles. The second-order valence-electron chi connectivity index (χ2n) is 4.17. The van der Waals surface area contributed by atoms with Crippen molar-refractivity contribution in [2.45, 2.75) is 25.8 Å². The lowest BCUT2D eigenvalue weighted by atomic mass is 9.82. The standard InChI is InChI=1S/C10H17N5O/c1-6-3-7(4-6)14-9-8(16-2)10(15-11)13-5-12-9/h5-7H,3-4,11H2,1-2H3,(H2,12,13,14,15). The molecule has 4 N–H and O–H groups in total. The van der Waals surface area contributed by atoms with E-state index < -0.39 is 0 Å². The first-order valence-electron chi connectivity index (χ1n) is 5.36. The summed E-state index contributed by atoms with van der Waals surface area (Å²) in [6.07, 6.45) is 3.79. The molecule has 16 heavy (non-hydrogen) atoms. The number of nitrogens with one attached hydrogen (secondary N) is 2. The number of rotatable bonds is 4. The summed E-state index contributed by atoms with van der Waals surface area (Å²) in [4.78, 5) is 8.14. The molecule has 0 unspecified atom stereocenters. The molecule has 1 heterocycles. The van der Waals surface area contributed by atoms with Gasteiger partial charge in [-0.2, -0.15) is 0 Å². The van der Waals surface area contributed by atoms with Crippen LogP contribution < -0.4 is 21.3 Å². The number of nitrogen functional groups attached to an aromatic ring is 1. The molecule has 1 saturated carbocycles. The van der Waals surface area contributed by atoms with Crippen molar-refractivity contribution in [3.05, 3.63) is 6.33 Å². The van der Waals surface area contributed by atoms with E-state index in [4.69, 9.17) is 10.6 Å². The Hall–Kier alpha value is -1.56. The molecular weight excluding hydrogens is 206 g/mol. The van der Waals surface area contributed by atoms with E-state index in [1.807, 2.05) is 0 Å². The van der Waals surface area contributed by atoms with Gasteiger partial charge in [-0.15, -0.1) is 0 Å². The Bertz CT molecular complexity index is 364. The summed E-state index contributed by atoms with van der Waals surface area (Å²) < 4.78 is 5.23. The highest BCUT2D eigenvalue weighted by molar-refractivity contribution is 5.63. The van der Waals surface area contributed by atoms with E-state index in [0.29, 0.717) is 23.4 Å². The number of ether oxygens (including phenoxy) is 1. The van der Waals surface area contributed by atoms with Gasteiger partial charge >= 0.3 is 0 Å². The van der Waals surface area contributed by atoms with Crippen LogP contribution in [0.3, 0.4) is 0 Å². The lowest BCUT2D eigenvalue weighted by Gasteiger charge is -2.33. The van der Waals surface area contributed by atoms with E-state index in [-0.39, 0.29) is 0 Å².